The van der Waals surface area contributed by atoms with Crippen LogP contribution in [0.4, 0.5) is 0 Å². The highest BCUT2D eigenvalue weighted by molar-refractivity contribution is 7.18. The molecule has 0 fully saturated rings. The van der Waals surface area contributed by atoms with Gasteiger partial charge in [0.1, 0.15) is 10.6 Å². The number of hydrogen-bond acceptors (Lipinski definition) is 5. The molecular formula is C19H18ClN3O2S. The summed E-state index contributed by atoms with van der Waals surface area (Å²) in [6.45, 7) is 2.51. The van der Waals surface area contributed by atoms with Crippen LogP contribution < -0.4 is 10.3 Å². The van der Waals surface area contributed by atoms with Crippen molar-refractivity contribution in [3.8, 4) is 5.75 Å². The van der Waals surface area contributed by atoms with Crippen molar-refractivity contribution in [3.63, 3.8) is 0 Å². The van der Waals surface area contributed by atoms with E-state index in [4.69, 9.17) is 16.3 Å². The lowest BCUT2D eigenvalue weighted by atomic mass is 9.97. The molecule has 26 heavy (non-hydrogen) atoms. The van der Waals surface area contributed by atoms with Gasteiger partial charge in [0.2, 0.25) is 0 Å². The van der Waals surface area contributed by atoms with Crippen molar-refractivity contribution in [3.05, 3.63) is 50.6 Å². The van der Waals surface area contributed by atoms with Crippen molar-refractivity contribution in [2.45, 2.75) is 32.6 Å². The number of ether oxygens (including phenoxy) is 1. The van der Waals surface area contributed by atoms with Crippen molar-refractivity contribution in [2.75, 3.05) is 6.61 Å². The molecule has 0 aromatic carbocycles. The number of rotatable bonds is 4. The van der Waals surface area contributed by atoms with E-state index in [1.807, 2.05) is 19.1 Å². The molecule has 0 atom stereocenters. The van der Waals surface area contributed by atoms with Gasteiger partial charge in [0, 0.05) is 4.88 Å². The zero-order valence-corrected chi connectivity index (χ0v) is 15.9. The highest BCUT2D eigenvalue weighted by Gasteiger charge is 2.20. The van der Waals surface area contributed by atoms with Gasteiger partial charge in [-0.1, -0.05) is 11.6 Å². The second kappa shape index (κ2) is 7.21. The fourth-order valence-corrected chi connectivity index (χ4v) is 4.67. The van der Waals surface area contributed by atoms with Gasteiger partial charge in [0.15, 0.2) is 5.82 Å². The van der Waals surface area contributed by atoms with Crippen LogP contribution in [0.15, 0.2) is 23.1 Å². The van der Waals surface area contributed by atoms with E-state index in [1.54, 1.807) is 23.6 Å². The Kier molecular flexibility index (Phi) is 4.78. The Morgan fingerprint density at radius 2 is 2.23 bits per heavy atom. The Morgan fingerprint density at radius 1 is 1.38 bits per heavy atom. The monoisotopic (exact) mass is 387 g/mol. The number of nitrogens with one attached hydrogen (secondary N) is 1. The summed E-state index contributed by atoms with van der Waals surface area (Å²) in [6, 6.07) is 3.65. The maximum atomic E-state index is 12.6. The van der Waals surface area contributed by atoms with Crippen molar-refractivity contribution in [1.82, 2.24) is 15.0 Å². The Morgan fingerprint density at radius 3 is 3.00 bits per heavy atom. The molecule has 0 saturated heterocycles. The van der Waals surface area contributed by atoms with Crippen LogP contribution in [-0.4, -0.2) is 21.6 Å². The first-order valence-corrected chi connectivity index (χ1v) is 9.86. The molecule has 134 valence electrons. The Balaban J connectivity index is 1.70. The third-order valence-corrected chi connectivity index (χ3v) is 5.87. The molecular weight excluding hydrogens is 370 g/mol. The van der Waals surface area contributed by atoms with E-state index in [0.29, 0.717) is 28.9 Å². The molecule has 0 radical (unpaired) electrons. The van der Waals surface area contributed by atoms with Crippen molar-refractivity contribution >= 4 is 44.3 Å². The van der Waals surface area contributed by atoms with Crippen molar-refractivity contribution < 1.29 is 4.74 Å². The lowest BCUT2D eigenvalue weighted by Crippen LogP contribution is -2.12. The second-order valence-electron chi connectivity index (χ2n) is 6.15. The third-order valence-electron chi connectivity index (χ3n) is 4.40. The number of aromatic amines is 1. The second-order valence-corrected chi connectivity index (χ2v) is 7.64. The Labute approximate surface area is 159 Å². The van der Waals surface area contributed by atoms with Gasteiger partial charge in [-0.25, -0.2) is 4.98 Å². The van der Waals surface area contributed by atoms with Crippen LogP contribution in [0.1, 0.15) is 41.7 Å². The molecule has 1 aliphatic carbocycles. The summed E-state index contributed by atoms with van der Waals surface area (Å²) >= 11 is 8.01. The van der Waals surface area contributed by atoms with Crippen LogP contribution in [0.25, 0.3) is 21.3 Å². The minimum absolute atomic E-state index is 0.115. The van der Waals surface area contributed by atoms with E-state index in [-0.39, 0.29) is 5.56 Å². The average Bonchev–Trinajstić information content (AvgIpc) is 3.02. The highest BCUT2D eigenvalue weighted by Crippen LogP contribution is 2.34. The minimum Gasteiger partial charge on any atom is -0.492 e. The first-order valence-electron chi connectivity index (χ1n) is 8.66. The molecule has 3 aromatic rings. The van der Waals surface area contributed by atoms with Crippen LogP contribution in [0.5, 0.6) is 5.75 Å². The fraction of sp³-hybridized carbons (Fsp3) is 0.316. The number of H-pyrrole nitrogens is 1. The predicted octanol–water partition coefficient (Wildman–Crippen LogP) is 4.39. The summed E-state index contributed by atoms with van der Waals surface area (Å²) in [5, 5.41) is 1.09. The number of aryl methyl sites for hydroxylation is 2. The Bertz CT molecular complexity index is 1040. The van der Waals surface area contributed by atoms with Crippen LogP contribution in [0.2, 0.25) is 0 Å². The van der Waals surface area contributed by atoms with Crippen LogP contribution in [0, 0.1) is 0 Å². The topological polar surface area (TPSA) is 67.9 Å². The normalized spacial score (nSPS) is 14.5. The van der Waals surface area contributed by atoms with Crippen LogP contribution >= 0.6 is 22.9 Å². The van der Waals surface area contributed by atoms with Crippen LogP contribution in [-0.2, 0) is 12.8 Å². The van der Waals surface area contributed by atoms with Gasteiger partial charge >= 0.3 is 0 Å². The van der Waals surface area contributed by atoms with Gasteiger partial charge in [-0.2, -0.15) is 0 Å². The van der Waals surface area contributed by atoms with Gasteiger partial charge in [0.05, 0.1) is 28.9 Å². The van der Waals surface area contributed by atoms with Crippen molar-refractivity contribution in [2.24, 2.45) is 0 Å². The van der Waals surface area contributed by atoms with E-state index in [0.717, 1.165) is 29.5 Å². The first-order chi connectivity index (χ1) is 12.7. The molecule has 0 bridgehead atoms. The van der Waals surface area contributed by atoms with Gasteiger partial charge in [-0.3, -0.25) is 9.78 Å². The standard InChI is InChI=1S/C19H18ClN3O2S/c1-2-25-12-8-7-11(21-10-12)9-14(20)17-22-18(24)16-13-5-3-4-6-15(13)26-19(16)23-17/h7-10H,2-6H2,1H3,(H,22,23,24). The van der Waals surface area contributed by atoms with Gasteiger partial charge in [-0.15, -0.1) is 11.3 Å². The maximum absolute atomic E-state index is 12.6. The minimum atomic E-state index is -0.115. The average molecular weight is 388 g/mol. The smallest absolute Gasteiger partial charge is 0.260 e. The molecule has 0 amide bonds. The Hall–Kier alpha value is -2.18. The predicted molar refractivity (Wildman–Crippen MR) is 106 cm³/mol. The molecule has 3 heterocycles. The summed E-state index contributed by atoms with van der Waals surface area (Å²) in [5.74, 6) is 1.08. The molecule has 5 nitrogen and oxygen atoms in total. The number of aromatic nitrogens is 3. The quantitative estimate of drug-likeness (QED) is 0.720. The number of nitrogens with zero attached hydrogens (tertiary/aromatic N) is 2. The van der Waals surface area contributed by atoms with E-state index >= 15 is 0 Å². The van der Waals surface area contributed by atoms with E-state index in [2.05, 4.69) is 15.0 Å². The molecule has 3 aromatic heterocycles. The first kappa shape index (κ1) is 17.2. The zero-order valence-electron chi connectivity index (χ0n) is 14.3. The lowest BCUT2D eigenvalue weighted by Gasteiger charge is -2.09. The number of hydrogen-bond donors (Lipinski definition) is 1. The number of pyridine rings is 1. The van der Waals surface area contributed by atoms with E-state index < -0.39 is 0 Å². The molecule has 1 N–H and O–H groups in total. The van der Waals surface area contributed by atoms with Gasteiger partial charge in [-0.05, 0) is 56.4 Å². The molecule has 4 rings (SSSR count). The molecule has 0 saturated carbocycles. The lowest BCUT2D eigenvalue weighted by molar-refractivity contribution is 0.339. The molecule has 0 spiro atoms. The van der Waals surface area contributed by atoms with Gasteiger partial charge in [0.25, 0.3) is 5.56 Å². The number of fused-ring (bicyclic) bond motifs is 3. The zero-order chi connectivity index (χ0) is 18.1. The highest BCUT2D eigenvalue weighted by atomic mass is 35.5. The van der Waals surface area contributed by atoms with Gasteiger partial charge < -0.3 is 9.72 Å². The summed E-state index contributed by atoms with van der Waals surface area (Å²) in [4.78, 5) is 26.4. The number of halogens is 1. The van der Waals surface area contributed by atoms with E-state index in [9.17, 15) is 4.79 Å². The summed E-state index contributed by atoms with van der Waals surface area (Å²) in [7, 11) is 0. The van der Waals surface area contributed by atoms with Crippen molar-refractivity contribution in [1.29, 1.82) is 0 Å². The summed E-state index contributed by atoms with van der Waals surface area (Å²) < 4.78 is 5.38. The largest absolute Gasteiger partial charge is 0.492 e. The number of thiophene rings is 1. The molecule has 7 heteroatoms. The summed E-state index contributed by atoms with van der Waals surface area (Å²) in [6.07, 6.45) is 7.63. The third kappa shape index (κ3) is 3.27. The van der Waals surface area contributed by atoms with Crippen LogP contribution in [0.3, 0.4) is 0 Å². The SMILES string of the molecule is CCOc1ccc(C=C(Cl)c2nc3sc4c(c3c(=O)[nH]2)CCCC4)nc1. The maximum Gasteiger partial charge on any atom is 0.260 e. The summed E-state index contributed by atoms with van der Waals surface area (Å²) in [5.41, 5.74) is 1.73. The molecule has 0 aliphatic heterocycles. The molecule has 0 unspecified atom stereocenters. The molecule has 1 aliphatic rings. The van der Waals surface area contributed by atoms with E-state index in [1.165, 1.54) is 16.9 Å². The fourth-order valence-electron chi connectivity index (χ4n) is 3.20.